The second-order valence-electron chi connectivity index (χ2n) is 5.10. The summed E-state index contributed by atoms with van der Waals surface area (Å²) in [4.78, 5) is 2.42. The molecule has 2 atom stereocenters. The molecule has 3 nitrogen and oxygen atoms in total. The number of rotatable bonds is 2. The minimum atomic E-state index is 0.318. The van der Waals surface area contributed by atoms with Gasteiger partial charge >= 0.3 is 0 Å². The number of hydrogen-bond acceptors (Lipinski definition) is 3. The van der Waals surface area contributed by atoms with Crippen LogP contribution in [0.15, 0.2) is 29.4 Å². The summed E-state index contributed by atoms with van der Waals surface area (Å²) in [5.41, 5.74) is 2.18. The molecule has 0 bridgehead atoms. The lowest BCUT2D eigenvalue weighted by Gasteiger charge is -2.37. The third kappa shape index (κ3) is 3.03. The quantitative estimate of drug-likeness (QED) is 0.658. The van der Waals surface area contributed by atoms with Gasteiger partial charge in [0.05, 0.1) is 5.71 Å². The Bertz CT molecular complexity index is 430. The number of benzene rings is 1. The number of oxime groups is 1. The van der Waals surface area contributed by atoms with E-state index >= 15 is 0 Å². The van der Waals surface area contributed by atoms with E-state index in [1.54, 1.807) is 0 Å². The Balaban J connectivity index is 2.03. The molecule has 1 saturated heterocycles. The lowest BCUT2D eigenvalue weighted by Crippen LogP contribution is -2.44. The van der Waals surface area contributed by atoms with Crippen LogP contribution < -0.4 is 0 Å². The van der Waals surface area contributed by atoms with Crippen molar-refractivity contribution in [3.05, 3.63) is 34.9 Å². The molecule has 1 fully saturated rings. The van der Waals surface area contributed by atoms with E-state index in [9.17, 15) is 0 Å². The van der Waals surface area contributed by atoms with Crippen molar-refractivity contribution in [1.29, 1.82) is 0 Å². The minimum Gasteiger partial charge on any atom is -0.411 e. The zero-order chi connectivity index (χ0) is 13.1. The van der Waals surface area contributed by atoms with E-state index in [-0.39, 0.29) is 0 Å². The van der Waals surface area contributed by atoms with E-state index < -0.39 is 0 Å². The molecule has 0 aliphatic carbocycles. The van der Waals surface area contributed by atoms with Gasteiger partial charge in [0, 0.05) is 36.5 Å². The van der Waals surface area contributed by atoms with Crippen LogP contribution in [0.5, 0.6) is 0 Å². The predicted molar refractivity (Wildman–Crippen MR) is 74.3 cm³/mol. The summed E-state index contributed by atoms with van der Waals surface area (Å²) in [6.07, 6.45) is 0.839. The highest BCUT2D eigenvalue weighted by atomic mass is 35.5. The summed E-state index contributed by atoms with van der Waals surface area (Å²) >= 11 is 5.89. The summed E-state index contributed by atoms with van der Waals surface area (Å²) in [5, 5.41) is 13.1. The molecule has 1 aliphatic heterocycles. The highest BCUT2D eigenvalue weighted by Gasteiger charge is 2.27. The first-order chi connectivity index (χ1) is 8.60. The molecule has 2 rings (SSSR count). The maximum atomic E-state index is 8.94. The Kier molecular flexibility index (Phi) is 4.25. The number of piperidine rings is 1. The molecule has 0 spiro atoms. The molecule has 1 heterocycles. The Morgan fingerprint density at radius 3 is 2.61 bits per heavy atom. The fraction of sp³-hybridized carbons (Fsp3) is 0.500. The van der Waals surface area contributed by atoms with E-state index in [2.05, 4.69) is 36.0 Å². The fourth-order valence-electron chi connectivity index (χ4n) is 2.45. The second kappa shape index (κ2) is 5.72. The molecule has 0 amide bonds. The monoisotopic (exact) mass is 266 g/mol. The van der Waals surface area contributed by atoms with Gasteiger partial charge in [-0.3, -0.25) is 4.90 Å². The maximum Gasteiger partial charge on any atom is 0.0627 e. The molecule has 1 N–H and O–H groups in total. The van der Waals surface area contributed by atoms with Gasteiger partial charge in [-0.2, -0.15) is 0 Å². The number of nitrogens with zero attached hydrogens (tertiary/aromatic N) is 2. The van der Waals surface area contributed by atoms with Crippen molar-refractivity contribution < 1.29 is 5.21 Å². The van der Waals surface area contributed by atoms with E-state index in [1.807, 2.05) is 12.1 Å². The Labute approximate surface area is 113 Å². The van der Waals surface area contributed by atoms with Gasteiger partial charge in [-0.05, 0) is 24.6 Å². The first kappa shape index (κ1) is 13.4. The smallest absolute Gasteiger partial charge is 0.0627 e. The first-order valence-electron chi connectivity index (χ1n) is 6.29. The Hall–Kier alpha value is -1.06. The molecule has 1 unspecified atom stereocenters. The summed E-state index contributed by atoms with van der Waals surface area (Å²) < 4.78 is 0. The maximum absolute atomic E-state index is 8.94. The van der Waals surface area contributed by atoms with Crippen molar-refractivity contribution in [1.82, 2.24) is 4.90 Å². The van der Waals surface area contributed by atoms with Gasteiger partial charge in [0.1, 0.15) is 0 Å². The van der Waals surface area contributed by atoms with Gasteiger partial charge in [0.25, 0.3) is 0 Å². The average Bonchev–Trinajstić information content (AvgIpc) is 2.36. The highest BCUT2D eigenvalue weighted by molar-refractivity contribution is 6.30. The van der Waals surface area contributed by atoms with Crippen LogP contribution in [0.25, 0.3) is 0 Å². The third-order valence-corrected chi connectivity index (χ3v) is 3.88. The van der Waals surface area contributed by atoms with Crippen molar-refractivity contribution in [2.75, 3.05) is 6.54 Å². The van der Waals surface area contributed by atoms with E-state index in [0.29, 0.717) is 12.0 Å². The Morgan fingerprint density at radius 2 is 2.00 bits per heavy atom. The van der Waals surface area contributed by atoms with Crippen molar-refractivity contribution in [2.45, 2.75) is 32.9 Å². The molecule has 4 heteroatoms. The molecule has 1 aliphatic rings. The molecular weight excluding hydrogens is 248 g/mol. The SMILES string of the molecule is CC1CN(Cc2ccc(Cl)cc2)[C@H](C)C/C1=N/O. The van der Waals surface area contributed by atoms with Crippen molar-refractivity contribution >= 4 is 17.3 Å². The third-order valence-electron chi connectivity index (χ3n) is 3.63. The normalized spacial score (nSPS) is 27.6. The van der Waals surface area contributed by atoms with E-state index in [1.165, 1.54) is 5.56 Å². The summed E-state index contributed by atoms with van der Waals surface area (Å²) in [5.74, 6) is 0.318. The highest BCUT2D eigenvalue weighted by Crippen LogP contribution is 2.22. The minimum absolute atomic E-state index is 0.318. The summed E-state index contributed by atoms with van der Waals surface area (Å²) in [7, 11) is 0. The van der Waals surface area contributed by atoms with E-state index in [0.717, 1.165) is 30.2 Å². The van der Waals surface area contributed by atoms with Crippen LogP contribution in [-0.2, 0) is 6.54 Å². The molecular formula is C14H19ClN2O. The van der Waals surface area contributed by atoms with Gasteiger partial charge in [0.2, 0.25) is 0 Å². The molecule has 1 aromatic carbocycles. The van der Waals surface area contributed by atoms with Gasteiger partial charge in [0.15, 0.2) is 0 Å². The van der Waals surface area contributed by atoms with Gasteiger partial charge in [-0.1, -0.05) is 35.8 Å². The van der Waals surface area contributed by atoms with Crippen molar-refractivity contribution in [2.24, 2.45) is 11.1 Å². The van der Waals surface area contributed by atoms with Crippen LogP contribution in [0.3, 0.4) is 0 Å². The topological polar surface area (TPSA) is 35.8 Å². The fourth-order valence-corrected chi connectivity index (χ4v) is 2.58. The average molecular weight is 267 g/mol. The first-order valence-corrected chi connectivity index (χ1v) is 6.67. The van der Waals surface area contributed by atoms with Gasteiger partial charge in [-0.25, -0.2) is 0 Å². The molecule has 1 aromatic rings. The summed E-state index contributed by atoms with van der Waals surface area (Å²) in [6.45, 7) is 6.13. The second-order valence-corrected chi connectivity index (χ2v) is 5.54. The number of halogens is 1. The lowest BCUT2D eigenvalue weighted by molar-refractivity contribution is 0.168. The van der Waals surface area contributed by atoms with Crippen molar-refractivity contribution in [3.8, 4) is 0 Å². The number of likely N-dealkylation sites (tertiary alicyclic amines) is 1. The van der Waals surface area contributed by atoms with Gasteiger partial charge in [-0.15, -0.1) is 0 Å². The zero-order valence-electron chi connectivity index (χ0n) is 10.8. The standard InChI is InChI=1S/C14H19ClN2O/c1-10-8-17(11(2)7-14(10)16-18)9-12-3-5-13(15)6-4-12/h3-6,10-11,18H,7-9H2,1-2H3/b16-14-/t10?,11-/m1/s1. The predicted octanol–water partition coefficient (Wildman–Crippen LogP) is 3.40. The Morgan fingerprint density at radius 1 is 1.33 bits per heavy atom. The molecule has 18 heavy (non-hydrogen) atoms. The largest absolute Gasteiger partial charge is 0.411 e. The number of hydrogen-bond donors (Lipinski definition) is 1. The van der Waals surface area contributed by atoms with Crippen LogP contribution in [0.1, 0.15) is 25.8 Å². The molecule has 0 saturated carbocycles. The van der Waals surface area contributed by atoms with Crippen LogP contribution in [0.2, 0.25) is 5.02 Å². The zero-order valence-corrected chi connectivity index (χ0v) is 11.6. The van der Waals surface area contributed by atoms with Crippen LogP contribution in [0, 0.1) is 5.92 Å². The van der Waals surface area contributed by atoms with Gasteiger partial charge < -0.3 is 5.21 Å². The molecule has 0 radical (unpaired) electrons. The summed E-state index contributed by atoms with van der Waals surface area (Å²) in [6, 6.07) is 8.39. The van der Waals surface area contributed by atoms with E-state index in [4.69, 9.17) is 16.8 Å². The van der Waals surface area contributed by atoms with Crippen molar-refractivity contribution in [3.63, 3.8) is 0 Å². The van der Waals surface area contributed by atoms with Crippen LogP contribution in [-0.4, -0.2) is 28.4 Å². The van der Waals surface area contributed by atoms with Crippen LogP contribution in [0.4, 0.5) is 0 Å². The molecule has 0 aromatic heterocycles. The molecule has 98 valence electrons. The van der Waals surface area contributed by atoms with Crippen LogP contribution >= 0.6 is 11.6 Å². The lowest BCUT2D eigenvalue weighted by atomic mass is 9.92.